The maximum Gasteiger partial charge on any atom is 0.275 e. The number of nitro groups is 1. The van der Waals surface area contributed by atoms with Gasteiger partial charge < -0.3 is 14.8 Å². The van der Waals surface area contributed by atoms with Crippen LogP contribution in [0.3, 0.4) is 0 Å². The summed E-state index contributed by atoms with van der Waals surface area (Å²) in [4.78, 5) is 10.5. The lowest BCUT2D eigenvalue weighted by Gasteiger charge is -2.11. The van der Waals surface area contributed by atoms with Crippen molar-refractivity contribution in [2.75, 3.05) is 19.5 Å². The Bertz CT molecular complexity index is 643. The number of methoxy groups -OCH3 is 2. The van der Waals surface area contributed by atoms with E-state index in [9.17, 15) is 10.1 Å². The van der Waals surface area contributed by atoms with Crippen LogP contribution in [0.1, 0.15) is 5.56 Å². The van der Waals surface area contributed by atoms with Crippen LogP contribution >= 0.6 is 0 Å². The van der Waals surface area contributed by atoms with E-state index in [2.05, 4.69) is 5.32 Å². The van der Waals surface area contributed by atoms with E-state index in [0.29, 0.717) is 18.0 Å². The Labute approximate surface area is 122 Å². The van der Waals surface area contributed by atoms with Crippen LogP contribution in [0.5, 0.6) is 11.5 Å². The molecule has 21 heavy (non-hydrogen) atoms. The molecule has 0 bridgehead atoms. The second-order valence-electron chi connectivity index (χ2n) is 4.34. The molecule has 0 amide bonds. The van der Waals surface area contributed by atoms with Gasteiger partial charge in [0.25, 0.3) is 5.69 Å². The molecular formula is C15H16N2O4. The Morgan fingerprint density at radius 1 is 1.14 bits per heavy atom. The predicted octanol–water partition coefficient (Wildman–Crippen LogP) is 3.22. The Balaban J connectivity index is 2.19. The minimum atomic E-state index is -0.448. The van der Waals surface area contributed by atoms with Crippen molar-refractivity contribution >= 4 is 11.4 Å². The molecule has 0 fully saturated rings. The highest BCUT2D eigenvalue weighted by molar-refractivity contribution is 5.56. The molecule has 1 N–H and O–H groups in total. The van der Waals surface area contributed by atoms with Crippen molar-refractivity contribution in [3.05, 3.63) is 58.1 Å². The van der Waals surface area contributed by atoms with Gasteiger partial charge in [0.15, 0.2) is 0 Å². The van der Waals surface area contributed by atoms with Crippen LogP contribution in [0.2, 0.25) is 0 Å². The second-order valence-corrected chi connectivity index (χ2v) is 4.34. The highest BCUT2D eigenvalue weighted by atomic mass is 16.6. The van der Waals surface area contributed by atoms with E-state index in [0.717, 1.165) is 11.3 Å². The van der Waals surface area contributed by atoms with Crippen molar-refractivity contribution in [2.45, 2.75) is 6.54 Å². The molecule has 0 atom stereocenters. The maximum absolute atomic E-state index is 10.9. The van der Waals surface area contributed by atoms with E-state index in [1.165, 1.54) is 19.2 Å². The van der Waals surface area contributed by atoms with Gasteiger partial charge >= 0.3 is 0 Å². The molecular weight excluding hydrogens is 272 g/mol. The van der Waals surface area contributed by atoms with Gasteiger partial charge in [-0.15, -0.1) is 0 Å². The van der Waals surface area contributed by atoms with Gasteiger partial charge in [-0.2, -0.15) is 0 Å². The van der Waals surface area contributed by atoms with Crippen LogP contribution in [0.4, 0.5) is 11.4 Å². The van der Waals surface area contributed by atoms with Crippen LogP contribution in [0.25, 0.3) is 0 Å². The van der Waals surface area contributed by atoms with Crippen LogP contribution in [-0.2, 0) is 6.54 Å². The van der Waals surface area contributed by atoms with E-state index in [1.54, 1.807) is 13.2 Å². The number of benzene rings is 2. The zero-order valence-electron chi connectivity index (χ0n) is 11.8. The summed E-state index contributed by atoms with van der Waals surface area (Å²) in [7, 11) is 3.08. The molecule has 0 aliphatic rings. The molecule has 0 aliphatic heterocycles. The number of ether oxygens (including phenoxy) is 2. The minimum Gasteiger partial charge on any atom is -0.496 e. The van der Waals surface area contributed by atoms with Gasteiger partial charge in [-0.25, -0.2) is 0 Å². The first kappa shape index (κ1) is 14.6. The lowest BCUT2D eigenvalue weighted by Crippen LogP contribution is -2.02. The lowest BCUT2D eigenvalue weighted by molar-refractivity contribution is -0.384. The topological polar surface area (TPSA) is 73.6 Å². The second kappa shape index (κ2) is 6.60. The molecule has 0 heterocycles. The third-order valence-electron chi connectivity index (χ3n) is 3.01. The Morgan fingerprint density at radius 2 is 1.90 bits per heavy atom. The van der Waals surface area contributed by atoms with E-state index in [4.69, 9.17) is 9.47 Å². The van der Waals surface area contributed by atoms with Gasteiger partial charge in [0, 0.05) is 29.9 Å². The zero-order chi connectivity index (χ0) is 15.2. The van der Waals surface area contributed by atoms with Crippen LogP contribution < -0.4 is 14.8 Å². The minimum absolute atomic E-state index is 0.0168. The molecule has 6 nitrogen and oxygen atoms in total. The molecule has 0 aromatic heterocycles. The number of nitro benzene ring substituents is 1. The highest BCUT2D eigenvalue weighted by Gasteiger charge is 2.10. The van der Waals surface area contributed by atoms with Crippen molar-refractivity contribution in [2.24, 2.45) is 0 Å². The summed E-state index contributed by atoms with van der Waals surface area (Å²) in [6.07, 6.45) is 0. The number of anilines is 1. The van der Waals surface area contributed by atoms with Crippen LogP contribution in [0.15, 0.2) is 42.5 Å². The Morgan fingerprint density at radius 3 is 2.57 bits per heavy atom. The van der Waals surface area contributed by atoms with Crippen LogP contribution in [-0.4, -0.2) is 19.1 Å². The average molecular weight is 288 g/mol. The molecule has 0 saturated heterocycles. The molecule has 0 unspecified atom stereocenters. The van der Waals surface area contributed by atoms with Crippen molar-refractivity contribution in [1.29, 1.82) is 0 Å². The summed E-state index contributed by atoms with van der Waals surface area (Å²) in [5, 5.41) is 14.0. The number of hydrogen-bond acceptors (Lipinski definition) is 5. The number of para-hydroxylation sites is 1. The molecule has 2 aromatic rings. The van der Waals surface area contributed by atoms with E-state index < -0.39 is 4.92 Å². The number of rotatable bonds is 6. The summed E-state index contributed by atoms with van der Waals surface area (Å²) in [6, 6.07) is 12.2. The van der Waals surface area contributed by atoms with Crippen molar-refractivity contribution < 1.29 is 14.4 Å². The standard InChI is InChI=1S/C15H16N2O4/c1-20-14-8-12(7-13(9-14)17(18)19)16-10-11-5-3-4-6-15(11)21-2/h3-9,16H,10H2,1-2H3. The fraction of sp³-hybridized carbons (Fsp3) is 0.200. The fourth-order valence-electron chi connectivity index (χ4n) is 1.95. The van der Waals surface area contributed by atoms with Crippen molar-refractivity contribution in [1.82, 2.24) is 0 Å². The third-order valence-corrected chi connectivity index (χ3v) is 3.01. The van der Waals surface area contributed by atoms with Gasteiger partial charge in [0.1, 0.15) is 11.5 Å². The Hall–Kier alpha value is -2.76. The quantitative estimate of drug-likeness (QED) is 0.652. The smallest absolute Gasteiger partial charge is 0.275 e. The van der Waals surface area contributed by atoms with Crippen molar-refractivity contribution in [3.8, 4) is 11.5 Å². The van der Waals surface area contributed by atoms with Gasteiger partial charge in [-0.1, -0.05) is 18.2 Å². The molecule has 110 valence electrons. The predicted molar refractivity (Wildman–Crippen MR) is 80.0 cm³/mol. The third kappa shape index (κ3) is 3.62. The molecule has 0 radical (unpaired) electrons. The summed E-state index contributed by atoms with van der Waals surface area (Å²) in [6.45, 7) is 0.494. The summed E-state index contributed by atoms with van der Waals surface area (Å²) in [5.74, 6) is 1.20. The first-order chi connectivity index (χ1) is 10.1. The van der Waals surface area contributed by atoms with Gasteiger partial charge in [-0.3, -0.25) is 10.1 Å². The monoisotopic (exact) mass is 288 g/mol. The Kier molecular flexibility index (Phi) is 4.61. The van der Waals surface area contributed by atoms with E-state index in [1.807, 2.05) is 24.3 Å². The largest absolute Gasteiger partial charge is 0.496 e. The number of non-ortho nitro benzene ring substituents is 1. The molecule has 6 heteroatoms. The van der Waals surface area contributed by atoms with E-state index in [-0.39, 0.29) is 5.69 Å². The number of nitrogens with one attached hydrogen (secondary N) is 1. The fourth-order valence-corrected chi connectivity index (χ4v) is 1.95. The lowest BCUT2D eigenvalue weighted by atomic mass is 10.2. The molecule has 0 saturated carbocycles. The average Bonchev–Trinajstić information content (AvgIpc) is 2.52. The molecule has 0 spiro atoms. The van der Waals surface area contributed by atoms with Crippen LogP contribution in [0, 0.1) is 10.1 Å². The maximum atomic E-state index is 10.9. The van der Waals surface area contributed by atoms with Gasteiger partial charge in [-0.05, 0) is 6.07 Å². The SMILES string of the molecule is COc1cc(NCc2ccccc2OC)cc([N+](=O)[O-])c1. The van der Waals surface area contributed by atoms with Crippen molar-refractivity contribution in [3.63, 3.8) is 0 Å². The normalized spacial score (nSPS) is 10.0. The zero-order valence-corrected chi connectivity index (χ0v) is 11.8. The molecule has 2 aromatic carbocycles. The number of hydrogen-bond donors (Lipinski definition) is 1. The van der Waals surface area contributed by atoms with E-state index >= 15 is 0 Å². The molecule has 0 aliphatic carbocycles. The highest BCUT2D eigenvalue weighted by Crippen LogP contribution is 2.27. The van der Waals surface area contributed by atoms with Gasteiger partial charge in [0.05, 0.1) is 25.2 Å². The summed E-state index contributed by atoms with van der Waals surface area (Å²) in [5.41, 5.74) is 1.56. The molecule has 2 rings (SSSR count). The first-order valence-corrected chi connectivity index (χ1v) is 6.33. The first-order valence-electron chi connectivity index (χ1n) is 6.33. The summed E-state index contributed by atoms with van der Waals surface area (Å²) < 4.78 is 10.3. The van der Waals surface area contributed by atoms with Gasteiger partial charge in [0.2, 0.25) is 0 Å². The number of nitrogens with zero attached hydrogens (tertiary/aromatic N) is 1. The summed E-state index contributed by atoms with van der Waals surface area (Å²) >= 11 is 0.